The molecule has 2 aromatic heterocycles. The van der Waals surface area contributed by atoms with Crippen LogP contribution in [-0.4, -0.2) is 28.5 Å². The summed E-state index contributed by atoms with van der Waals surface area (Å²) in [5, 5.41) is 10.9. The summed E-state index contributed by atoms with van der Waals surface area (Å²) in [5.74, 6) is 0.378. The summed E-state index contributed by atoms with van der Waals surface area (Å²) in [6.45, 7) is 0.620. The van der Waals surface area contributed by atoms with Crippen molar-refractivity contribution in [3.63, 3.8) is 0 Å². The fourth-order valence-electron chi connectivity index (χ4n) is 1.76. The molecule has 2 heterocycles. The highest BCUT2D eigenvalue weighted by molar-refractivity contribution is 5.56. The van der Waals surface area contributed by atoms with Gasteiger partial charge in [-0.25, -0.2) is 4.98 Å². The van der Waals surface area contributed by atoms with Gasteiger partial charge in [0.15, 0.2) is 0 Å². The van der Waals surface area contributed by atoms with Crippen molar-refractivity contribution in [1.82, 2.24) is 9.97 Å². The highest BCUT2D eigenvalue weighted by atomic mass is 16.6. The van der Waals surface area contributed by atoms with E-state index in [4.69, 9.17) is 0 Å². The number of aromatic nitrogens is 2. The quantitative estimate of drug-likeness (QED) is 0.606. The molecule has 6 heteroatoms. The molecular weight excluding hydrogens is 244 g/mol. The summed E-state index contributed by atoms with van der Waals surface area (Å²) in [4.78, 5) is 20.6. The van der Waals surface area contributed by atoms with E-state index >= 15 is 0 Å². The van der Waals surface area contributed by atoms with Crippen LogP contribution in [0.2, 0.25) is 0 Å². The van der Waals surface area contributed by atoms with Crippen molar-refractivity contribution in [2.75, 3.05) is 18.5 Å². The summed E-state index contributed by atoms with van der Waals surface area (Å²) in [6.07, 6.45) is 4.00. The molecule has 0 N–H and O–H groups in total. The molecule has 6 nitrogen and oxygen atoms in total. The molecular formula is C13H14N4O2. The Labute approximate surface area is 110 Å². The summed E-state index contributed by atoms with van der Waals surface area (Å²) < 4.78 is 0. The molecule has 0 radical (unpaired) electrons. The molecule has 0 bridgehead atoms. The van der Waals surface area contributed by atoms with Crippen LogP contribution in [0.25, 0.3) is 0 Å². The van der Waals surface area contributed by atoms with Crippen LogP contribution in [0, 0.1) is 10.1 Å². The van der Waals surface area contributed by atoms with E-state index in [9.17, 15) is 10.1 Å². The van der Waals surface area contributed by atoms with Crippen LogP contribution >= 0.6 is 0 Å². The van der Waals surface area contributed by atoms with E-state index in [0.717, 1.165) is 5.69 Å². The van der Waals surface area contributed by atoms with Gasteiger partial charge in [-0.3, -0.25) is 15.1 Å². The summed E-state index contributed by atoms with van der Waals surface area (Å²) >= 11 is 0. The topological polar surface area (TPSA) is 72.2 Å². The Hall–Kier alpha value is -2.50. The Balaban J connectivity index is 2.08. The fraction of sp³-hybridized carbons (Fsp3) is 0.231. The molecule has 0 fully saturated rings. The number of anilines is 1. The van der Waals surface area contributed by atoms with E-state index < -0.39 is 4.92 Å². The van der Waals surface area contributed by atoms with E-state index in [1.807, 2.05) is 18.2 Å². The molecule has 0 saturated heterocycles. The van der Waals surface area contributed by atoms with E-state index in [1.54, 1.807) is 30.4 Å². The molecule has 0 aliphatic carbocycles. The number of hydrogen-bond donors (Lipinski definition) is 0. The van der Waals surface area contributed by atoms with Gasteiger partial charge >= 0.3 is 5.69 Å². The molecule has 0 aromatic carbocycles. The average molecular weight is 258 g/mol. The second kappa shape index (κ2) is 5.90. The molecule has 98 valence electrons. The van der Waals surface area contributed by atoms with Crippen LogP contribution in [0.5, 0.6) is 0 Å². The van der Waals surface area contributed by atoms with E-state index in [2.05, 4.69) is 9.97 Å². The molecule has 2 aromatic rings. The van der Waals surface area contributed by atoms with Gasteiger partial charge in [0.25, 0.3) is 0 Å². The maximum atomic E-state index is 10.9. The summed E-state index contributed by atoms with van der Waals surface area (Å²) in [6, 6.07) is 8.73. The third-order valence-electron chi connectivity index (χ3n) is 2.75. The van der Waals surface area contributed by atoms with Gasteiger partial charge in [-0.15, -0.1) is 0 Å². The lowest BCUT2D eigenvalue weighted by atomic mass is 10.2. The Morgan fingerprint density at radius 2 is 2.00 bits per heavy atom. The van der Waals surface area contributed by atoms with Gasteiger partial charge in [0.2, 0.25) is 5.82 Å². The van der Waals surface area contributed by atoms with Crippen LogP contribution in [-0.2, 0) is 6.42 Å². The zero-order valence-corrected chi connectivity index (χ0v) is 10.6. The third kappa shape index (κ3) is 3.25. The fourth-order valence-corrected chi connectivity index (χ4v) is 1.76. The first-order chi connectivity index (χ1) is 9.18. The van der Waals surface area contributed by atoms with Gasteiger partial charge < -0.3 is 4.90 Å². The number of likely N-dealkylation sites (N-methyl/N-ethyl adjacent to an activating group) is 1. The molecule has 19 heavy (non-hydrogen) atoms. The first-order valence-corrected chi connectivity index (χ1v) is 5.89. The third-order valence-corrected chi connectivity index (χ3v) is 2.75. The van der Waals surface area contributed by atoms with Crippen molar-refractivity contribution in [3.8, 4) is 0 Å². The smallest absolute Gasteiger partial charge is 0.311 e. The van der Waals surface area contributed by atoms with Crippen LogP contribution in [0.15, 0.2) is 42.7 Å². The molecule has 0 aliphatic heterocycles. The highest BCUT2D eigenvalue weighted by Gasteiger charge is 2.17. The van der Waals surface area contributed by atoms with Gasteiger partial charge in [-0.1, -0.05) is 6.07 Å². The van der Waals surface area contributed by atoms with Gasteiger partial charge in [-0.05, 0) is 18.2 Å². The van der Waals surface area contributed by atoms with E-state index in [0.29, 0.717) is 18.8 Å². The van der Waals surface area contributed by atoms with E-state index in [1.165, 1.54) is 6.07 Å². The van der Waals surface area contributed by atoms with Crippen molar-refractivity contribution in [1.29, 1.82) is 0 Å². The van der Waals surface area contributed by atoms with Crippen LogP contribution in [0.3, 0.4) is 0 Å². The van der Waals surface area contributed by atoms with Gasteiger partial charge in [-0.2, -0.15) is 0 Å². The average Bonchev–Trinajstić information content (AvgIpc) is 2.46. The van der Waals surface area contributed by atoms with Crippen molar-refractivity contribution >= 4 is 11.5 Å². The zero-order valence-electron chi connectivity index (χ0n) is 10.6. The largest absolute Gasteiger partial charge is 0.354 e. The Morgan fingerprint density at radius 1 is 1.21 bits per heavy atom. The first-order valence-electron chi connectivity index (χ1n) is 5.89. The lowest BCUT2D eigenvalue weighted by molar-refractivity contribution is -0.384. The monoisotopic (exact) mass is 258 g/mol. The number of rotatable bonds is 5. The summed E-state index contributed by atoms with van der Waals surface area (Å²) in [7, 11) is 1.79. The Morgan fingerprint density at radius 3 is 2.68 bits per heavy atom. The number of nitrogens with zero attached hydrogens (tertiary/aromatic N) is 4. The Kier molecular flexibility index (Phi) is 4.02. The van der Waals surface area contributed by atoms with Crippen molar-refractivity contribution in [3.05, 3.63) is 58.5 Å². The Bertz CT molecular complexity index is 560. The van der Waals surface area contributed by atoms with Crippen molar-refractivity contribution in [2.45, 2.75) is 6.42 Å². The molecule has 0 amide bonds. The number of nitro groups is 1. The number of pyridine rings is 2. The zero-order chi connectivity index (χ0) is 13.7. The number of hydrogen-bond acceptors (Lipinski definition) is 5. The molecule has 0 saturated carbocycles. The predicted octanol–water partition coefficient (Wildman–Crippen LogP) is 2.06. The lowest BCUT2D eigenvalue weighted by Gasteiger charge is -2.17. The standard InChI is InChI=1S/C13H14N4O2/c1-16(10-7-11-5-2-3-8-14-11)13-12(17(18)19)6-4-9-15-13/h2-6,8-9H,7,10H2,1H3. The maximum absolute atomic E-state index is 10.9. The van der Waals surface area contributed by atoms with Crippen LogP contribution in [0.4, 0.5) is 11.5 Å². The SMILES string of the molecule is CN(CCc1ccccn1)c1ncccc1[N+](=O)[O-]. The molecule has 0 aliphatic rings. The predicted molar refractivity (Wildman–Crippen MR) is 72.1 cm³/mol. The second-order valence-corrected chi connectivity index (χ2v) is 4.10. The van der Waals surface area contributed by atoms with Crippen LogP contribution < -0.4 is 4.90 Å². The van der Waals surface area contributed by atoms with Crippen molar-refractivity contribution < 1.29 is 4.92 Å². The molecule has 0 spiro atoms. The molecule has 0 unspecified atom stereocenters. The van der Waals surface area contributed by atoms with Crippen molar-refractivity contribution in [2.24, 2.45) is 0 Å². The normalized spacial score (nSPS) is 10.2. The van der Waals surface area contributed by atoms with Gasteiger partial charge in [0, 0.05) is 44.2 Å². The second-order valence-electron chi connectivity index (χ2n) is 4.10. The molecule has 2 rings (SSSR count). The minimum absolute atomic E-state index is 0.0195. The minimum Gasteiger partial charge on any atom is -0.354 e. The van der Waals surface area contributed by atoms with Crippen LogP contribution in [0.1, 0.15) is 5.69 Å². The molecule has 0 atom stereocenters. The van der Waals surface area contributed by atoms with Gasteiger partial charge in [0.05, 0.1) is 4.92 Å². The minimum atomic E-state index is -0.417. The lowest BCUT2D eigenvalue weighted by Crippen LogP contribution is -2.22. The highest BCUT2D eigenvalue weighted by Crippen LogP contribution is 2.23. The first kappa shape index (κ1) is 12.9. The van der Waals surface area contributed by atoms with E-state index in [-0.39, 0.29) is 5.69 Å². The summed E-state index contributed by atoms with van der Waals surface area (Å²) in [5.41, 5.74) is 0.971. The maximum Gasteiger partial charge on any atom is 0.311 e. The van der Waals surface area contributed by atoms with Gasteiger partial charge in [0.1, 0.15) is 0 Å².